The van der Waals surface area contributed by atoms with Gasteiger partial charge in [0.1, 0.15) is 11.9 Å². The van der Waals surface area contributed by atoms with Crippen molar-refractivity contribution in [3.05, 3.63) is 187 Å². The lowest BCUT2D eigenvalue weighted by Gasteiger charge is -2.26. The molecule has 8 aromatic rings. The Bertz CT molecular complexity index is 2480. The van der Waals surface area contributed by atoms with E-state index < -0.39 is 0 Å². The SMILES string of the molecule is C1=CCC(c2cc(-c3ccccc3)cc(C3C=C(n4c5ccccc5c5ccccc54)NC(n4c5ccccc5c5ccccc54)=N3)c2)C=C1. The Balaban J connectivity index is 1.24. The largest absolute Gasteiger partial charge is 0.311 e. The molecule has 0 spiro atoms. The molecule has 0 bridgehead atoms. The van der Waals surface area contributed by atoms with Crippen LogP contribution in [0.4, 0.5) is 0 Å². The highest BCUT2D eigenvalue weighted by Gasteiger charge is 2.26. The van der Waals surface area contributed by atoms with Gasteiger partial charge in [-0.25, -0.2) is 4.99 Å². The third-order valence-electron chi connectivity index (χ3n) is 10.3. The van der Waals surface area contributed by atoms with Crippen molar-refractivity contribution in [1.82, 2.24) is 14.5 Å². The maximum absolute atomic E-state index is 5.58. The highest BCUT2D eigenvalue weighted by molar-refractivity contribution is 6.15. The highest BCUT2D eigenvalue weighted by atomic mass is 15.3. The second-order valence-corrected chi connectivity index (χ2v) is 13.2. The minimum absolute atomic E-state index is 0.244. The van der Waals surface area contributed by atoms with Gasteiger partial charge in [-0.1, -0.05) is 140 Å². The van der Waals surface area contributed by atoms with Crippen LogP contribution in [0.15, 0.2) is 181 Å². The molecule has 4 heteroatoms. The molecule has 0 saturated carbocycles. The van der Waals surface area contributed by atoms with Crippen LogP contribution >= 0.6 is 0 Å². The Morgan fingerprint density at radius 1 is 0.520 bits per heavy atom. The molecular formula is C46H34N4. The smallest absolute Gasteiger partial charge is 0.209 e. The van der Waals surface area contributed by atoms with E-state index >= 15 is 0 Å². The quantitative estimate of drug-likeness (QED) is 0.204. The second kappa shape index (κ2) is 11.6. The van der Waals surface area contributed by atoms with Crippen molar-refractivity contribution < 1.29 is 0 Å². The van der Waals surface area contributed by atoms with Crippen LogP contribution in [0.25, 0.3) is 60.6 Å². The zero-order valence-corrected chi connectivity index (χ0v) is 27.4. The van der Waals surface area contributed by atoms with Gasteiger partial charge in [0, 0.05) is 27.5 Å². The van der Waals surface area contributed by atoms with E-state index in [4.69, 9.17) is 4.99 Å². The first-order chi connectivity index (χ1) is 24.8. The molecule has 2 aliphatic rings. The standard InChI is InChI=1S/C46H34N4/c1-3-15-31(16-4-1)33-27-34(32-17-5-2-6-18-32)29-35(28-33)40-30-45(49-41-23-11-7-19-36(41)37-20-8-12-24-42(37)49)48-46(47-40)50-43-25-13-9-21-38(43)39-22-10-14-26-44(39)50/h1-17,19-30,32,40H,18H2,(H,47,48). The summed E-state index contributed by atoms with van der Waals surface area (Å²) in [5.41, 5.74) is 9.46. The Morgan fingerprint density at radius 3 is 1.64 bits per heavy atom. The van der Waals surface area contributed by atoms with Crippen molar-refractivity contribution >= 4 is 55.4 Å². The molecule has 1 aliphatic heterocycles. The molecule has 238 valence electrons. The molecule has 2 aromatic heterocycles. The molecule has 10 rings (SSSR count). The molecule has 1 N–H and O–H groups in total. The summed E-state index contributed by atoms with van der Waals surface area (Å²) in [6, 6.07) is 52.2. The minimum Gasteiger partial charge on any atom is -0.311 e. The van der Waals surface area contributed by atoms with E-state index in [-0.39, 0.29) is 6.04 Å². The third kappa shape index (κ3) is 4.64. The maximum Gasteiger partial charge on any atom is 0.209 e. The normalized spacial score (nSPS) is 17.4. The molecule has 0 radical (unpaired) electrons. The molecule has 50 heavy (non-hydrogen) atoms. The van der Waals surface area contributed by atoms with Crippen molar-refractivity contribution in [2.75, 3.05) is 0 Å². The predicted molar refractivity (Wildman–Crippen MR) is 209 cm³/mol. The van der Waals surface area contributed by atoms with Gasteiger partial charge in [-0.3, -0.25) is 9.13 Å². The summed E-state index contributed by atoms with van der Waals surface area (Å²) < 4.78 is 4.67. The monoisotopic (exact) mass is 642 g/mol. The molecule has 2 atom stereocenters. The molecule has 3 heterocycles. The van der Waals surface area contributed by atoms with Gasteiger partial charge in [0.05, 0.1) is 22.1 Å². The van der Waals surface area contributed by atoms with E-state index in [1.54, 1.807) is 0 Å². The van der Waals surface area contributed by atoms with Crippen LogP contribution in [0.5, 0.6) is 0 Å². The number of rotatable bonds is 4. The number of hydrogen-bond donors (Lipinski definition) is 1. The number of nitrogens with zero attached hydrogens (tertiary/aromatic N) is 3. The fourth-order valence-electron chi connectivity index (χ4n) is 7.94. The lowest BCUT2D eigenvalue weighted by Crippen LogP contribution is -2.34. The van der Waals surface area contributed by atoms with E-state index in [2.05, 4.69) is 190 Å². The van der Waals surface area contributed by atoms with Crippen LogP contribution in [0.2, 0.25) is 0 Å². The molecule has 6 aromatic carbocycles. The van der Waals surface area contributed by atoms with Gasteiger partial charge in [0.15, 0.2) is 0 Å². The predicted octanol–water partition coefficient (Wildman–Crippen LogP) is 11.2. The van der Waals surface area contributed by atoms with Crippen LogP contribution in [-0.2, 0) is 0 Å². The zero-order chi connectivity index (χ0) is 33.0. The summed E-state index contributed by atoms with van der Waals surface area (Å²) in [5, 5.41) is 8.75. The van der Waals surface area contributed by atoms with Crippen molar-refractivity contribution in [2.24, 2.45) is 4.99 Å². The van der Waals surface area contributed by atoms with Crippen LogP contribution in [0.3, 0.4) is 0 Å². The van der Waals surface area contributed by atoms with Crippen LogP contribution in [0.1, 0.15) is 29.5 Å². The summed E-state index contributed by atoms with van der Waals surface area (Å²) >= 11 is 0. The van der Waals surface area contributed by atoms with Gasteiger partial charge in [-0.05, 0) is 65.1 Å². The molecule has 0 saturated heterocycles. The van der Waals surface area contributed by atoms with Gasteiger partial charge >= 0.3 is 0 Å². The lowest BCUT2D eigenvalue weighted by atomic mass is 9.87. The lowest BCUT2D eigenvalue weighted by molar-refractivity contribution is 0.821. The number of benzene rings is 6. The van der Waals surface area contributed by atoms with Gasteiger partial charge < -0.3 is 5.32 Å². The van der Waals surface area contributed by atoms with Gasteiger partial charge in [0.2, 0.25) is 5.96 Å². The number of para-hydroxylation sites is 4. The number of fused-ring (bicyclic) bond motifs is 6. The van der Waals surface area contributed by atoms with E-state index in [1.165, 1.54) is 43.8 Å². The number of aromatic nitrogens is 2. The maximum atomic E-state index is 5.58. The second-order valence-electron chi connectivity index (χ2n) is 13.2. The first-order valence-corrected chi connectivity index (χ1v) is 17.4. The highest BCUT2D eigenvalue weighted by Crippen LogP contribution is 2.38. The third-order valence-corrected chi connectivity index (χ3v) is 10.3. The molecular weight excluding hydrogens is 609 g/mol. The van der Waals surface area contributed by atoms with Crippen molar-refractivity contribution in [1.29, 1.82) is 0 Å². The van der Waals surface area contributed by atoms with E-state index in [9.17, 15) is 0 Å². The summed E-state index contributed by atoms with van der Waals surface area (Å²) in [4.78, 5) is 5.58. The van der Waals surface area contributed by atoms with E-state index in [0.717, 1.165) is 40.3 Å². The van der Waals surface area contributed by atoms with Crippen molar-refractivity contribution in [3.8, 4) is 11.1 Å². The van der Waals surface area contributed by atoms with Crippen LogP contribution in [-0.4, -0.2) is 15.1 Å². The summed E-state index contributed by atoms with van der Waals surface area (Å²) in [5.74, 6) is 2.11. The molecule has 4 nitrogen and oxygen atoms in total. The first-order valence-electron chi connectivity index (χ1n) is 17.4. The van der Waals surface area contributed by atoms with Crippen molar-refractivity contribution in [3.63, 3.8) is 0 Å². The average molecular weight is 643 g/mol. The Morgan fingerprint density at radius 2 is 1.06 bits per heavy atom. The number of aliphatic imine (C=N–C) groups is 1. The summed E-state index contributed by atoms with van der Waals surface area (Å²) in [6.45, 7) is 0. The zero-order valence-electron chi connectivity index (χ0n) is 27.4. The fourth-order valence-corrected chi connectivity index (χ4v) is 7.94. The number of allylic oxidation sites excluding steroid dienone is 4. The van der Waals surface area contributed by atoms with Gasteiger partial charge in [0.25, 0.3) is 0 Å². The minimum atomic E-state index is -0.244. The van der Waals surface area contributed by atoms with Crippen LogP contribution in [0, 0.1) is 0 Å². The van der Waals surface area contributed by atoms with Gasteiger partial charge in [-0.15, -0.1) is 0 Å². The summed E-state index contributed by atoms with van der Waals surface area (Å²) in [7, 11) is 0. The first kappa shape index (κ1) is 28.6. The Labute approximate surface area is 290 Å². The van der Waals surface area contributed by atoms with E-state index in [1.807, 2.05) is 0 Å². The Kier molecular flexibility index (Phi) is 6.66. The molecule has 2 unspecified atom stereocenters. The average Bonchev–Trinajstić information content (AvgIpc) is 3.71. The number of nitrogens with one attached hydrogen (secondary N) is 1. The van der Waals surface area contributed by atoms with Crippen LogP contribution < -0.4 is 5.32 Å². The van der Waals surface area contributed by atoms with Crippen molar-refractivity contribution in [2.45, 2.75) is 18.4 Å². The Hall–Kier alpha value is -6.39. The topological polar surface area (TPSA) is 34.2 Å². The molecule has 0 fully saturated rings. The molecule has 0 amide bonds. The van der Waals surface area contributed by atoms with E-state index in [0.29, 0.717) is 5.92 Å². The molecule has 1 aliphatic carbocycles. The summed E-state index contributed by atoms with van der Waals surface area (Å²) in [6.07, 6.45) is 12.2. The number of hydrogen-bond acceptors (Lipinski definition) is 2. The fraction of sp³-hybridized carbons (Fsp3) is 0.0652. The van der Waals surface area contributed by atoms with Gasteiger partial charge in [-0.2, -0.15) is 0 Å².